The fourth-order valence-corrected chi connectivity index (χ4v) is 4.96. The van der Waals surface area contributed by atoms with Gasteiger partial charge in [-0.15, -0.1) is 0 Å². The molecule has 0 aromatic carbocycles. The molecule has 0 radical (unpaired) electrons. The quantitative estimate of drug-likeness (QED) is 0.604. The number of hydrogen-bond donors (Lipinski definition) is 2. The number of imidazole rings is 1. The summed E-state index contributed by atoms with van der Waals surface area (Å²) in [5.41, 5.74) is 8.58. The molecule has 32 heavy (non-hydrogen) atoms. The van der Waals surface area contributed by atoms with Gasteiger partial charge in [-0.25, -0.2) is 9.50 Å². The molecular formula is C21H23N9O2. The Kier molecular flexibility index (Phi) is 4.77. The third kappa shape index (κ3) is 3.43. The van der Waals surface area contributed by atoms with Gasteiger partial charge in [0.15, 0.2) is 5.65 Å². The first-order valence-corrected chi connectivity index (χ1v) is 10.5. The van der Waals surface area contributed by atoms with Crippen molar-refractivity contribution in [3.8, 4) is 17.3 Å². The number of primary amides is 1. The summed E-state index contributed by atoms with van der Waals surface area (Å²) in [6, 6.07) is 2.06. The fraction of sp³-hybridized carbons (Fsp3) is 0.429. The van der Waals surface area contributed by atoms with Crippen LogP contribution in [0.3, 0.4) is 0 Å². The van der Waals surface area contributed by atoms with Gasteiger partial charge in [0.2, 0.25) is 5.91 Å². The first-order chi connectivity index (χ1) is 15.4. The summed E-state index contributed by atoms with van der Waals surface area (Å²) < 4.78 is 3.33. The molecule has 4 heterocycles. The second kappa shape index (κ2) is 7.64. The van der Waals surface area contributed by atoms with Gasteiger partial charge in [0, 0.05) is 37.9 Å². The number of carbonyl (C=O) groups is 2. The Morgan fingerprint density at radius 1 is 1.22 bits per heavy atom. The summed E-state index contributed by atoms with van der Waals surface area (Å²) in [6.07, 6.45) is 8.50. The van der Waals surface area contributed by atoms with Gasteiger partial charge in [-0.1, -0.05) is 0 Å². The predicted molar refractivity (Wildman–Crippen MR) is 114 cm³/mol. The number of anilines is 1. The highest BCUT2D eigenvalue weighted by Crippen LogP contribution is 2.40. The molecule has 3 aromatic rings. The Balaban J connectivity index is 1.40. The van der Waals surface area contributed by atoms with E-state index in [1.54, 1.807) is 26.5 Å². The van der Waals surface area contributed by atoms with Crippen molar-refractivity contribution in [3.63, 3.8) is 0 Å². The van der Waals surface area contributed by atoms with Crippen molar-refractivity contribution >= 4 is 23.1 Å². The van der Waals surface area contributed by atoms with Crippen LogP contribution in [0.25, 0.3) is 16.9 Å². The third-order valence-corrected chi connectivity index (χ3v) is 6.44. The van der Waals surface area contributed by atoms with Crippen molar-refractivity contribution in [2.75, 3.05) is 18.4 Å². The lowest BCUT2D eigenvalue weighted by Gasteiger charge is -2.20. The van der Waals surface area contributed by atoms with Gasteiger partial charge >= 0.3 is 0 Å². The zero-order chi connectivity index (χ0) is 22.4. The molecule has 5 rings (SSSR count). The Hall–Kier alpha value is -3.94. The molecule has 1 saturated carbocycles. The van der Waals surface area contributed by atoms with Gasteiger partial charge in [0.1, 0.15) is 6.42 Å². The van der Waals surface area contributed by atoms with E-state index in [4.69, 9.17) is 16.0 Å². The number of nitrogens with one attached hydrogen (secondary N) is 1. The number of likely N-dealkylation sites (tertiary alicyclic amines) is 1. The lowest BCUT2D eigenvalue weighted by Crippen LogP contribution is -2.31. The van der Waals surface area contributed by atoms with E-state index in [1.165, 1.54) is 6.20 Å². The maximum Gasteiger partial charge on any atom is 0.252 e. The number of nitrogens with zero attached hydrogens (tertiary/aromatic N) is 7. The van der Waals surface area contributed by atoms with Crippen molar-refractivity contribution in [3.05, 3.63) is 30.4 Å². The monoisotopic (exact) mass is 433 g/mol. The lowest BCUT2D eigenvalue weighted by molar-refractivity contribution is -0.129. The number of rotatable bonds is 5. The molecule has 2 amide bonds. The molecule has 0 bridgehead atoms. The van der Waals surface area contributed by atoms with Crippen molar-refractivity contribution in [1.29, 1.82) is 5.26 Å². The van der Waals surface area contributed by atoms with Crippen LogP contribution >= 0.6 is 0 Å². The van der Waals surface area contributed by atoms with Crippen molar-refractivity contribution < 1.29 is 9.59 Å². The summed E-state index contributed by atoms with van der Waals surface area (Å²) in [7, 11) is 1.84. The molecule has 2 atom stereocenters. The zero-order valence-corrected chi connectivity index (χ0v) is 17.6. The molecular weight excluding hydrogens is 410 g/mol. The topological polar surface area (TPSA) is 147 Å². The van der Waals surface area contributed by atoms with E-state index in [0.29, 0.717) is 47.5 Å². The highest BCUT2D eigenvalue weighted by atomic mass is 16.2. The van der Waals surface area contributed by atoms with Crippen molar-refractivity contribution in [2.24, 2.45) is 24.6 Å². The fourth-order valence-electron chi connectivity index (χ4n) is 4.96. The number of nitrogens with two attached hydrogens (primary N) is 1. The molecule has 11 heteroatoms. The van der Waals surface area contributed by atoms with E-state index in [1.807, 2.05) is 19.3 Å². The molecule has 164 valence electrons. The molecule has 3 aromatic heterocycles. The number of nitriles is 1. The Morgan fingerprint density at radius 2 is 1.97 bits per heavy atom. The molecule has 11 nitrogen and oxygen atoms in total. The minimum Gasteiger partial charge on any atom is -0.379 e. The molecule has 3 N–H and O–H groups in total. The van der Waals surface area contributed by atoms with Crippen molar-refractivity contribution in [2.45, 2.75) is 25.3 Å². The zero-order valence-electron chi connectivity index (χ0n) is 17.6. The summed E-state index contributed by atoms with van der Waals surface area (Å²) in [4.78, 5) is 30.7. The van der Waals surface area contributed by atoms with Crippen LogP contribution < -0.4 is 11.1 Å². The highest BCUT2D eigenvalue weighted by molar-refractivity contribution is 6.01. The number of aryl methyl sites for hydroxylation is 1. The second-order valence-corrected chi connectivity index (χ2v) is 8.56. The number of fused-ring (bicyclic) bond motifs is 2. The maximum absolute atomic E-state index is 12.1. The molecule has 1 aliphatic carbocycles. The average molecular weight is 433 g/mol. The lowest BCUT2D eigenvalue weighted by atomic mass is 10.0. The molecule has 1 aliphatic heterocycles. The normalized spacial score (nSPS) is 22.1. The standard InChI is InChI=1S/C21H23N9O2/c1-28-8-14(6-24-28)17-11-30-21(27-17)19(16(7-25-30)20(23)32)26-15-4-12-9-29(10-13(12)5-15)18(31)2-3-22/h6-8,11-13,15,26H,2,4-5,9-10H2,1H3,(H2,23,32). The molecule has 1 saturated heterocycles. The smallest absolute Gasteiger partial charge is 0.252 e. The van der Waals surface area contributed by atoms with Gasteiger partial charge in [0.05, 0.1) is 41.6 Å². The molecule has 2 fully saturated rings. The van der Waals surface area contributed by atoms with Gasteiger partial charge < -0.3 is 16.0 Å². The van der Waals surface area contributed by atoms with Crippen LogP contribution in [0.5, 0.6) is 0 Å². The number of aromatic nitrogens is 5. The van der Waals surface area contributed by atoms with Crippen molar-refractivity contribution in [1.82, 2.24) is 29.3 Å². The van der Waals surface area contributed by atoms with E-state index >= 15 is 0 Å². The second-order valence-electron chi connectivity index (χ2n) is 8.56. The van der Waals surface area contributed by atoms with Crippen LogP contribution in [0.15, 0.2) is 24.8 Å². The molecule has 2 aliphatic rings. The number of carbonyl (C=O) groups excluding carboxylic acids is 2. The SMILES string of the molecule is Cn1cc(-c2cn3ncc(C(N)=O)c(NC4CC5CN(C(=O)CC#N)CC5C4)c3n2)cn1. The van der Waals surface area contributed by atoms with Gasteiger partial charge in [-0.3, -0.25) is 14.3 Å². The molecule has 0 spiro atoms. The first kappa shape index (κ1) is 20.0. The third-order valence-electron chi connectivity index (χ3n) is 6.44. The minimum atomic E-state index is -0.570. The Morgan fingerprint density at radius 3 is 2.59 bits per heavy atom. The maximum atomic E-state index is 12.1. The van der Waals surface area contributed by atoms with E-state index in [9.17, 15) is 9.59 Å². The van der Waals surface area contributed by atoms with Gasteiger partial charge in [0.25, 0.3) is 5.91 Å². The van der Waals surface area contributed by atoms with Crippen LogP contribution in [0.1, 0.15) is 29.6 Å². The van der Waals surface area contributed by atoms with E-state index in [-0.39, 0.29) is 18.4 Å². The van der Waals surface area contributed by atoms with Crippen LogP contribution in [0, 0.1) is 23.2 Å². The Bertz CT molecular complexity index is 1240. The van der Waals surface area contributed by atoms with Crippen LogP contribution in [-0.4, -0.2) is 60.2 Å². The van der Waals surface area contributed by atoms with Gasteiger partial charge in [-0.2, -0.15) is 15.5 Å². The first-order valence-electron chi connectivity index (χ1n) is 10.5. The van der Waals surface area contributed by atoms with E-state index in [0.717, 1.165) is 18.4 Å². The summed E-state index contributed by atoms with van der Waals surface area (Å²) >= 11 is 0. The number of amides is 2. The minimum absolute atomic E-state index is 0.0722. The largest absolute Gasteiger partial charge is 0.379 e. The summed E-state index contributed by atoms with van der Waals surface area (Å²) in [5.74, 6) is 0.0740. The average Bonchev–Trinajstić information content (AvgIpc) is 3.50. The van der Waals surface area contributed by atoms with Gasteiger partial charge in [-0.05, 0) is 24.7 Å². The van der Waals surface area contributed by atoms with Crippen LogP contribution in [0.4, 0.5) is 5.69 Å². The van der Waals surface area contributed by atoms with Crippen LogP contribution in [-0.2, 0) is 11.8 Å². The number of hydrogen-bond acceptors (Lipinski definition) is 7. The van der Waals surface area contributed by atoms with E-state index in [2.05, 4.69) is 15.5 Å². The van der Waals surface area contributed by atoms with Crippen LogP contribution in [0.2, 0.25) is 0 Å². The Labute approximate surface area is 183 Å². The highest BCUT2D eigenvalue weighted by Gasteiger charge is 2.42. The summed E-state index contributed by atoms with van der Waals surface area (Å²) in [5, 5.41) is 20.8. The predicted octanol–water partition coefficient (Wildman–Crippen LogP) is 0.791. The molecule has 2 unspecified atom stereocenters. The summed E-state index contributed by atoms with van der Waals surface area (Å²) in [6.45, 7) is 1.35. The van der Waals surface area contributed by atoms with E-state index < -0.39 is 5.91 Å².